The van der Waals surface area contributed by atoms with Crippen LogP contribution >= 0.6 is 0 Å². The van der Waals surface area contributed by atoms with Gasteiger partial charge in [-0.05, 0) is 32.9 Å². The number of rotatable bonds is 1. The number of ketones is 1. The number of anilines is 1. The maximum Gasteiger partial charge on any atom is 0.417 e. The number of Topliss-reactive ketones (excluding diaryl/α,β-unsaturated/α-hetero) is 1. The number of amides is 1. The average Bonchev–Trinajstić information content (AvgIpc) is 3.02. The fraction of sp³-hybridized carbons (Fsp3) is 0.529. The lowest BCUT2D eigenvalue weighted by atomic mass is 9.98. The molecule has 1 spiro atoms. The molecule has 0 saturated carbocycles. The third-order valence-corrected chi connectivity index (χ3v) is 4.48. The summed E-state index contributed by atoms with van der Waals surface area (Å²) in [5.41, 5.74) is 1.73. The van der Waals surface area contributed by atoms with Crippen LogP contribution in [-0.2, 0) is 23.7 Å². The lowest BCUT2D eigenvalue weighted by Crippen LogP contribution is -2.59. The second-order valence-corrected chi connectivity index (χ2v) is 6.81. The van der Waals surface area contributed by atoms with Crippen LogP contribution in [0.2, 0.25) is 0 Å². The first-order valence-electron chi connectivity index (χ1n) is 7.91. The van der Waals surface area contributed by atoms with E-state index >= 15 is 0 Å². The van der Waals surface area contributed by atoms with Gasteiger partial charge in [0.25, 0.3) is 5.79 Å². The third-order valence-electron chi connectivity index (χ3n) is 4.48. The Morgan fingerprint density at radius 2 is 1.83 bits per heavy atom. The van der Waals surface area contributed by atoms with Gasteiger partial charge in [-0.15, -0.1) is 0 Å². The molecule has 0 radical (unpaired) electrons. The minimum Gasteiger partial charge on any atom is -0.407 e. The molecule has 7 heteroatoms. The van der Waals surface area contributed by atoms with E-state index in [-0.39, 0.29) is 13.2 Å². The molecule has 0 unspecified atom stereocenters. The predicted octanol–water partition coefficient (Wildman–Crippen LogP) is 1.77. The van der Waals surface area contributed by atoms with E-state index in [9.17, 15) is 9.59 Å². The molecule has 3 fully saturated rings. The van der Waals surface area contributed by atoms with Gasteiger partial charge in [0, 0.05) is 5.69 Å². The van der Waals surface area contributed by atoms with Gasteiger partial charge in [0.1, 0.15) is 12.6 Å². The van der Waals surface area contributed by atoms with Crippen LogP contribution in [0, 0.1) is 6.92 Å². The molecule has 3 atom stereocenters. The van der Waals surface area contributed by atoms with Gasteiger partial charge in [-0.3, -0.25) is 9.69 Å². The fourth-order valence-corrected chi connectivity index (χ4v) is 3.31. The highest BCUT2D eigenvalue weighted by atomic mass is 16.8. The molecule has 3 aliphatic rings. The minimum atomic E-state index is -1.63. The van der Waals surface area contributed by atoms with Crippen molar-refractivity contribution in [3.8, 4) is 0 Å². The molecule has 3 heterocycles. The monoisotopic (exact) mass is 333 g/mol. The minimum absolute atomic E-state index is 0.000730. The van der Waals surface area contributed by atoms with Gasteiger partial charge in [-0.1, -0.05) is 17.7 Å². The molecule has 1 aromatic rings. The predicted molar refractivity (Wildman–Crippen MR) is 82.5 cm³/mol. The van der Waals surface area contributed by atoms with E-state index < -0.39 is 35.7 Å². The lowest BCUT2D eigenvalue weighted by molar-refractivity contribution is -0.218. The first-order valence-corrected chi connectivity index (χ1v) is 7.91. The Bertz CT molecular complexity index is 700. The largest absolute Gasteiger partial charge is 0.417 e. The van der Waals surface area contributed by atoms with E-state index in [1.54, 1.807) is 13.8 Å². The van der Waals surface area contributed by atoms with E-state index in [2.05, 4.69) is 0 Å². The molecule has 0 N–H and O–H groups in total. The van der Waals surface area contributed by atoms with Crippen molar-refractivity contribution in [1.82, 2.24) is 0 Å². The molecule has 3 aliphatic heterocycles. The number of aryl methyl sites for hydroxylation is 1. The number of hydrogen-bond donors (Lipinski definition) is 0. The number of nitrogens with zero attached hydrogens (tertiary/aromatic N) is 1. The first kappa shape index (κ1) is 15.6. The van der Waals surface area contributed by atoms with Crippen LogP contribution in [0.1, 0.15) is 19.4 Å². The maximum absolute atomic E-state index is 12.9. The van der Waals surface area contributed by atoms with Crippen molar-refractivity contribution < 1.29 is 28.5 Å². The van der Waals surface area contributed by atoms with Gasteiger partial charge in [0.2, 0.25) is 5.78 Å². The van der Waals surface area contributed by atoms with Gasteiger partial charge in [-0.2, -0.15) is 0 Å². The topological polar surface area (TPSA) is 74.3 Å². The number of carbonyl (C=O) groups is 2. The number of ether oxygens (including phenoxy) is 4. The summed E-state index contributed by atoms with van der Waals surface area (Å²) in [6.07, 6.45) is -1.88. The standard InChI is InChI=1S/C17H19NO6/c1-10-4-6-11(7-5-10)18-9-17(24-15(18)20)14(19)13-12(8-21-17)22-16(2,3)23-13/h4-7,12-13H,8-9H2,1-3H3/t12-,13-,17-/m1/s1. The summed E-state index contributed by atoms with van der Waals surface area (Å²) in [5.74, 6) is -2.90. The van der Waals surface area contributed by atoms with Crippen LogP contribution in [0.15, 0.2) is 24.3 Å². The summed E-state index contributed by atoms with van der Waals surface area (Å²) >= 11 is 0. The van der Waals surface area contributed by atoms with E-state index in [0.29, 0.717) is 5.69 Å². The highest BCUT2D eigenvalue weighted by molar-refractivity contribution is 6.00. The molecule has 4 rings (SSSR count). The zero-order chi connectivity index (χ0) is 17.1. The van der Waals surface area contributed by atoms with Crippen LogP contribution in [0.3, 0.4) is 0 Å². The summed E-state index contributed by atoms with van der Waals surface area (Å²) in [7, 11) is 0. The molecular formula is C17H19NO6. The quantitative estimate of drug-likeness (QED) is 0.780. The summed E-state index contributed by atoms with van der Waals surface area (Å²) in [5, 5.41) is 0. The Hall–Kier alpha value is -1.96. The van der Waals surface area contributed by atoms with E-state index in [1.807, 2.05) is 31.2 Å². The molecule has 0 aliphatic carbocycles. The Morgan fingerprint density at radius 3 is 2.54 bits per heavy atom. The molecule has 24 heavy (non-hydrogen) atoms. The number of hydrogen-bond acceptors (Lipinski definition) is 6. The molecule has 3 saturated heterocycles. The van der Waals surface area contributed by atoms with Crippen LogP contribution in [0.5, 0.6) is 0 Å². The summed E-state index contributed by atoms with van der Waals surface area (Å²) in [6, 6.07) is 7.40. The van der Waals surface area contributed by atoms with Gasteiger partial charge in [0.15, 0.2) is 11.9 Å². The average molecular weight is 333 g/mol. The summed E-state index contributed by atoms with van der Waals surface area (Å²) in [6.45, 7) is 5.57. The highest BCUT2D eigenvalue weighted by Crippen LogP contribution is 2.40. The zero-order valence-corrected chi connectivity index (χ0v) is 13.8. The summed E-state index contributed by atoms with van der Waals surface area (Å²) in [4.78, 5) is 26.6. The molecule has 1 amide bonds. The van der Waals surface area contributed by atoms with E-state index in [4.69, 9.17) is 18.9 Å². The van der Waals surface area contributed by atoms with Gasteiger partial charge >= 0.3 is 6.09 Å². The second kappa shape index (κ2) is 5.02. The van der Waals surface area contributed by atoms with Crippen LogP contribution in [0.4, 0.5) is 10.5 Å². The van der Waals surface area contributed by atoms with Crippen molar-refractivity contribution in [1.29, 1.82) is 0 Å². The normalized spacial score (nSPS) is 34.5. The number of carbonyl (C=O) groups excluding carboxylic acids is 2. The molecule has 128 valence electrons. The maximum atomic E-state index is 12.9. The van der Waals surface area contributed by atoms with Crippen molar-refractivity contribution in [2.45, 2.75) is 44.6 Å². The number of fused-ring (bicyclic) bond motifs is 1. The van der Waals surface area contributed by atoms with Crippen molar-refractivity contribution >= 4 is 17.6 Å². The lowest BCUT2D eigenvalue weighted by Gasteiger charge is -2.34. The summed E-state index contributed by atoms with van der Waals surface area (Å²) < 4.78 is 22.3. The van der Waals surface area contributed by atoms with Crippen molar-refractivity contribution in [2.75, 3.05) is 18.1 Å². The Morgan fingerprint density at radius 1 is 1.12 bits per heavy atom. The van der Waals surface area contributed by atoms with Crippen LogP contribution in [-0.4, -0.2) is 48.8 Å². The smallest absolute Gasteiger partial charge is 0.407 e. The van der Waals surface area contributed by atoms with Gasteiger partial charge < -0.3 is 18.9 Å². The highest BCUT2D eigenvalue weighted by Gasteiger charge is 2.63. The Balaban J connectivity index is 1.60. The van der Waals surface area contributed by atoms with Crippen molar-refractivity contribution in [3.05, 3.63) is 29.8 Å². The van der Waals surface area contributed by atoms with Crippen molar-refractivity contribution in [3.63, 3.8) is 0 Å². The van der Waals surface area contributed by atoms with Gasteiger partial charge in [-0.25, -0.2) is 4.79 Å². The van der Waals surface area contributed by atoms with E-state index in [1.165, 1.54) is 4.90 Å². The van der Waals surface area contributed by atoms with Crippen LogP contribution in [0.25, 0.3) is 0 Å². The Kier molecular flexibility index (Phi) is 3.25. The number of benzene rings is 1. The zero-order valence-electron chi connectivity index (χ0n) is 13.8. The molecule has 0 bridgehead atoms. The molecule has 1 aromatic carbocycles. The SMILES string of the molecule is Cc1ccc(N2C[C@@]3(OC[C@H]4OC(C)(C)O[C@H]4C3=O)OC2=O)cc1. The molecular weight excluding hydrogens is 314 g/mol. The van der Waals surface area contributed by atoms with Crippen LogP contribution < -0.4 is 4.90 Å². The first-order chi connectivity index (χ1) is 11.3. The van der Waals surface area contributed by atoms with Crippen molar-refractivity contribution in [2.24, 2.45) is 0 Å². The molecule has 7 nitrogen and oxygen atoms in total. The molecule has 0 aromatic heterocycles. The third kappa shape index (κ3) is 2.31. The second-order valence-electron chi connectivity index (χ2n) is 6.81. The fourth-order valence-electron chi connectivity index (χ4n) is 3.31. The van der Waals surface area contributed by atoms with E-state index in [0.717, 1.165) is 5.56 Å². The van der Waals surface area contributed by atoms with Gasteiger partial charge in [0.05, 0.1) is 6.61 Å². The Labute approximate surface area is 139 Å².